The molecule has 0 saturated carbocycles. The Bertz CT molecular complexity index is 387. The van der Waals surface area contributed by atoms with E-state index in [4.69, 9.17) is 5.73 Å². The van der Waals surface area contributed by atoms with Crippen molar-refractivity contribution in [2.24, 2.45) is 5.73 Å². The van der Waals surface area contributed by atoms with E-state index in [1.54, 1.807) is 0 Å². The van der Waals surface area contributed by atoms with Crippen LogP contribution in [0.15, 0.2) is 12.3 Å². The minimum absolute atomic E-state index is 0.581. The molecule has 3 nitrogen and oxygen atoms in total. The van der Waals surface area contributed by atoms with Gasteiger partial charge in [0.05, 0.1) is 0 Å². The first-order valence-corrected chi connectivity index (χ1v) is 7.18. The molecule has 1 aliphatic rings. The van der Waals surface area contributed by atoms with Gasteiger partial charge in [0.2, 0.25) is 0 Å². The Labute approximate surface area is 110 Å². The van der Waals surface area contributed by atoms with Crippen LogP contribution in [0.5, 0.6) is 0 Å². The first-order chi connectivity index (χ1) is 8.76. The molecule has 1 unspecified atom stereocenters. The van der Waals surface area contributed by atoms with Crippen molar-refractivity contribution in [2.75, 3.05) is 11.4 Å². The third-order valence-electron chi connectivity index (χ3n) is 3.88. The predicted octanol–water partition coefficient (Wildman–Crippen LogP) is 3.01. The van der Waals surface area contributed by atoms with E-state index >= 15 is 0 Å². The maximum atomic E-state index is 5.86. The summed E-state index contributed by atoms with van der Waals surface area (Å²) in [5.74, 6) is 0. The summed E-state index contributed by atoms with van der Waals surface area (Å²) in [6.07, 6.45) is 8.46. The average Bonchev–Trinajstić information content (AvgIpc) is 2.40. The maximum Gasteiger partial charge on any atom is 0.0447 e. The summed E-state index contributed by atoms with van der Waals surface area (Å²) in [5, 5.41) is 0. The fourth-order valence-electron chi connectivity index (χ4n) is 2.95. The molecule has 18 heavy (non-hydrogen) atoms. The van der Waals surface area contributed by atoms with Crippen molar-refractivity contribution in [2.45, 2.75) is 58.5 Å². The molecular weight excluding hydrogens is 222 g/mol. The minimum Gasteiger partial charge on any atom is -0.368 e. The van der Waals surface area contributed by atoms with Crippen molar-refractivity contribution in [1.29, 1.82) is 0 Å². The molecule has 3 heteroatoms. The van der Waals surface area contributed by atoms with Crippen LogP contribution in [0, 0.1) is 6.92 Å². The number of pyridine rings is 1. The van der Waals surface area contributed by atoms with Gasteiger partial charge in [0.15, 0.2) is 0 Å². The molecule has 2 heterocycles. The fraction of sp³-hybridized carbons (Fsp3) is 0.667. The normalized spacial score (nSPS) is 20.2. The van der Waals surface area contributed by atoms with Gasteiger partial charge in [-0.25, -0.2) is 0 Å². The molecular formula is C15H25N3. The van der Waals surface area contributed by atoms with Crippen molar-refractivity contribution < 1.29 is 0 Å². The molecule has 2 rings (SSSR count). The van der Waals surface area contributed by atoms with Crippen molar-refractivity contribution >= 4 is 5.69 Å². The van der Waals surface area contributed by atoms with Gasteiger partial charge in [0.1, 0.15) is 0 Å². The van der Waals surface area contributed by atoms with Crippen molar-refractivity contribution in [3.63, 3.8) is 0 Å². The molecule has 0 spiro atoms. The van der Waals surface area contributed by atoms with E-state index in [-0.39, 0.29) is 0 Å². The number of aromatic nitrogens is 1. The molecule has 2 N–H and O–H groups in total. The Kier molecular flexibility index (Phi) is 4.59. The molecule has 1 aromatic heterocycles. The lowest BCUT2D eigenvalue weighted by atomic mass is 9.96. The standard InChI is InChI=1S/C15H25N3/c1-3-6-14-7-4-5-8-18(14)15-9-12(2)17-11-13(15)10-16/h9,11,14H,3-8,10,16H2,1-2H3. The van der Waals surface area contributed by atoms with Crippen LogP contribution in [-0.4, -0.2) is 17.6 Å². The van der Waals surface area contributed by atoms with Crippen LogP contribution in [0.2, 0.25) is 0 Å². The largest absolute Gasteiger partial charge is 0.368 e. The molecule has 1 fully saturated rings. The Morgan fingerprint density at radius 2 is 2.28 bits per heavy atom. The van der Waals surface area contributed by atoms with E-state index in [2.05, 4.69) is 29.8 Å². The van der Waals surface area contributed by atoms with Crippen LogP contribution >= 0.6 is 0 Å². The second-order valence-corrected chi connectivity index (χ2v) is 5.29. The average molecular weight is 247 g/mol. The highest BCUT2D eigenvalue weighted by Gasteiger charge is 2.23. The molecule has 1 aromatic rings. The monoisotopic (exact) mass is 247 g/mol. The van der Waals surface area contributed by atoms with Gasteiger partial charge in [0, 0.05) is 42.3 Å². The molecule has 0 radical (unpaired) electrons. The van der Waals surface area contributed by atoms with Crippen LogP contribution in [-0.2, 0) is 6.54 Å². The van der Waals surface area contributed by atoms with E-state index in [0.717, 1.165) is 5.69 Å². The Balaban J connectivity index is 2.29. The highest BCUT2D eigenvalue weighted by atomic mass is 15.2. The molecule has 0 aromatic carbocycles. The smallest absolute Gasteiger partial charge is 0.0447 e. The summed E-state index contributed by atoms with van der Waals surface area (Å²) in [4.78, 5) is 6.94. The summed E-state index contributed by atoms with van der Waals surface area (Å²) in [6.45, 7) is 6.08. The van der Waals surface area contributed by atoms with Gasteiger partial charge in [-0.15, -0.1) is 0 Å². The fourth-order valence-corrected chi connectivity index (χ4v) is 2.95. The number of nitrogens with two attached hydrogens (primary N) is 1. The second kappa shape index (κ2) is 6.19. The van der Waals surface area contributed by atoms with Crippen molar-refractivity contribution in [3.05, 3.63) is 23.5 Å². The zero-order chi connectivity index (χ0) is 13.0. The van der Waals surface area contributed by atoms with E-state index in [9.17, 15) is 0 Å². The summed E-state index contributed by atoms with van der Waals surface area (Å²) in [7, 11) is 0. The predicted molar refractivity (Wildman–Crippen MR) is 76.8 cm³/mol. The van der Waals surface area contributed by atoms with Gasteiger partial charge < -0.3 is 10.6 Å². The zero-order valence-corrected chi connectivity index (χ0v) is 11.7. The molecule has 0 bridgehead atoms. The SMILES string of the molecule is CCCC1CCCCN1c1cc(C)ncc1CN. The summed E-state index contributed by atoms with van der Waals surface area (Å²) < 4.78 is 0. The lowest BCUT2D eigenvalue weighted by molar-refractivity contribution is 0.434. The van der Waals surface area contributed by atoms with Gasteiger partial charge in [-0.3, -0.25) is 4.98 Å². The van der Waals surface area contributed by atoms with Gasteiger partial charge in [-0.2, -0.15) is 0 Å². The van der Waals surface area contributed by atoms with Crippen LogP contribution < -0.4 is 10.6 Å². The zero-order valence-electron chi connectivity index (χ0n) is 11.7. The van der Waals surface area contributed by atoms with E-state index in [1.807, 2.05) is 6.20 Å². The highest BCUT2D eigenvalue weighted by molar-refractivity contribution is 5.54. The topological polar surface area (TPSA) is 42.2 Å². The van der Waals surface area contributed by atoms with Crippen LogP contribution in [0.1, 0.15) is 50.3 Å². The molecule has 1 atom stereocenters. The van der Waals surface area contributed by atoms with E-state index in [0.29, 0.717) is 12.6 Å². The number of rotatable bonds is 4. The Morgan fingerprint density at radius 1 is 1.44 bits per heavy atom. The van der Waals surface area contributed by atoms with Gasteiger partial charge in [-0.05, 0) is 38.7 Å². The number of nitrogens with zero attached hydrogens (tertiary/aromatic N) is 2. The minimum atomic E-state index is 0.581. The number of hydrogen-bond acceptors (Lipinski definition) is 3. The number of piperidine rings is 1. The van der Waals surface area contributed by atoms with Gasteiger partial charge in [-0.1, -0.05) is 13.3 Å². The second-order valence-electron chi connectivity index (χ2n) is 5.29. The lowest BCUT2D eigenvalue weighted by Crippen LogP contribution is -2.40. The molecule has 1 saturated heterocycles. The van der Waals surface area contributed by atoms with Crippen LogP contribution in [0.4, 0.5) is 5.69 Å². The van der Waals surface area contributed by atoms with Crippen molar-refractivity contribution in [1.82, 2.24) is 4.98 Å². The van der Waals surface area contributed by atoms with E-state index < -0.39 is 0 Å². The van der Waals surface area contributed by atoms with Gasteiger partial charge >= 0.3 is 0 Å². The number of hydrogen-bond donors (Lipinski definition) is 1. The van der Waals surface area contributed by atoms with Crippen molar-refractivity contribution in [3.8, 4) is 0 Å². The summed E-state index contributed by atoms with van der Waals surface area (Å²) in [6, 6.07) is 2.90. The summed E-state index contributed by atoms with van der Waals surface area (Å²) >= 11 is 0. The number of aryl methyl sites for hydroxylation is 1. The first kappa shape index (κ1) is 13.3. The number of anilines is 1. The Morgan fingerprint density at radius 3 is 3.00 bits per heavy atom. The first-order valence-electron chi connectivity index (χ1n) is 7.18. The summed E-state index contributed by atoms with van der Waals surface area (Å²) in [5.41, 5.74) is 9.45. The lowest BCUT2D eigenvalue weighted by Gasteiger charge is -2.38. The van der Waals surface area contributed by atoms with E-state index in [1.165, 1.54) is 49.9 Å². The molecule has 0 amide bonds. The van der Waals surface area contributed by atoms with Crippen LogP contribution in [0.3, 0.4) is 0 Å². The maximum absolute atomic E-state index is 5.86. The van der Waals surface area contributed by atoms with Crippen LogP contribution in [0.25, 0.3) is 0 Å². The third kappa shape index (κ3) is 2.83. The molecule has 1 aliphatic heterocycles. The Hall–Kier alpha value is -1.09. The quantitative estimate of drug-likeness (QED) is 0.889. The molecule has 0 aliphatic carbocycles. The van der Waals surface area contributed by atoms with Gasteiger partial charge in [0.25, 0.3) is 0 Å². The highest BCUT2D eigenvalue weighted by Crippen LogP contribution is 2.30. The molecule has 100 valence electrons. The third-order valence-corrected chi connectivity index (χ3v) is 3.88.